The van der Waals surface area contributed by atoms with Crippen molar-refractivity contribution in [1.29, 1.82) is 0 Å². The molecule has 1 aromatic heterocycles. The van der Waals surface area contributed by atoms with Gasteiger partial charge in [-0.3, -0.25) is 0 Å². The number of hydrogen-bond donors (Lipinski definition) is 1. The SMILES string of the molecule is CC(NCc1cc(F)ccc1Br)c1ccsc1. The van der Waals surface area contributed by atoms with Gasteiger partial charge >= 0.3 is 0 Å². The summed E-state index contributed by atoms with van der Waals surface area (Å²) in [6.07, 6.45) is 0. The summed E-state index contributed by atoms with van der Waals surface area (Å²) in [7, 11) is 0. The van der Waals surface area contributed by atoms with Crippen LogP contribution in [0.4, 0.5) is 4.39 Å². The van der Waals surface area contributed by atoms with E-state index in [-0.39, 0.29) is 11.9 Å². The van der Waals surface area contributed by atoms with Gasteiger partial charge < -0.3 is 5.32 Å². The lowest BCUT2D eigenvalue weighted by atomic mass is 10.1. The number of nitrogens with one attached hydrogen (secondary N) is 1. The van der Waals surface area contributed by atoms with Gasteiger partial charge in [0.15, 0.2) is 0 Å². The Balaban J connectivity index is 2.00. The van der Waals surface area contributed by atoms with E-state index in [0.29, 0.717) is 6.54 Å². The highest BCUT2D eigenvalue weighted by molar-refractivity contribution is 9.10. The van der Waals surface area contributed by atoms with Crippen LogP contribution in [0.15, 0.2) is 39.5 Å². The average Bonchev–Trinajstić information content (AvgIpc) is 2.83. The maximum Gasteiger partial charge on any atom is 0.123 e. The van der Waals surface area contributed by atoms with Gasteiger partial charge in [0, 0.05) is 17.1 Å². The molecule has 2 aromatic rings. The topological polar surface area (TPSA) is 12.0 Å². The Labute approximate surface area is 113 Å². The number of thiophene rings is 1. The molecule has 0 saturated carbocycles. The van der Waals surface area contributed by atoms with Crippen LogP contribution in [0, 0.1) is 5.82 Å². The third kappa shape index (κ3) is 3.37. The second kappa shape index (κ2) is 5.76. The highest BCUT2D eigenvalue weighted by atomic mass is 79.9. The van der Waals surface area contributed by atoms with E-state index in [1.54, 1.807) is 23.5 Å². The monoisotopic (exact) mass is 313 g/mol. The minimum atomic E-state index is -0.201. The van der Waals surface area contributed by atoms with Gasteiger partial charge in [-0.15, -0.1) is 0 Å². The molecular formula is C13H13BrFNS. The van der Waals surface area contributed by atoms with Crippen molar-refractivity contribution < 1.29 is 4.39 Å². The molecule has 1 nitrogen and oxygen atoms in total. The average molecular weight is 314 g/mol. The Morgan fingerprint density at radius 1 is 1.41 bits per heavy atom. The molecule has 1 atom stereocenters. The van der Waals surface area contributed by atoms with E-state index >= 15 is 0 Å². The molecule has 0 radical (unpaired) electrons. The van der Waals surface area contributed by atoms with Crippen molar-refractivity contribution in [2.24, 2.45) is 0 Å². The summed E-state index contributed by atoms with van der Waals surface area (Å²) in [5.74, 6) is -0.201. The summed E-state index contributed by atoms with van der Waals surface area (Å²) in [5, 5.41) is 7.56. The molecule has 90 valence electrons. The van der Waals surface area contributed by atoms with E-state index in [4.69, 9.17) is 0 Å². The number of hydrogen-bond acceptors (Lipinski definition) is 2. The molecule has 1 unspecified atom stereocenters. The standard InChI is InChI=1S/C13H13BrFNS/c1-9(10-4-5-17-8-10)16-7-11-6-12(15)2-3-13(11)14/h2-6,8-9,16H,7H2,1H3. The highest BCUT2D eigenvalue weighted by Crippen LogP contribution is 2.20. The van der Waals surface area contributed by atoms with Crippen LogP contribution in [0.2, 0.25) is 0 Å². The third-order valence-corrected chi connectivity index (χ3v) is 4.12. The van der Waals surface area contributed by atoms with Gasteiger partial charge in [0.05, 0.1) is 0 Å². The summed E-state index contributed by atoms with van der Waals surface area (Å²) in [4.78, 5) is 0. The molecule has 2 rings (SSSR count). The molecule has 0 aliphatic rings. The number of benzene rings is 1. The summed E-state index contributed by atoms with van der Waals surface area (Å²) in [6.45, 7) is 2.75. The van der Waals surface area contributed by atoms with Crippen LogP contribution < -0.4 is 5.32 Å². The first-order valence-corrected chi connectivity index (χ1v) is 7.10. The first-order valence-electron chi connectivity index (χ1n) is 5.36. The van der Waals surface area contributed by atoms with Crippen LogP contribution in [0.5, 0.6) is 0 Å². The van der Waals surface area contributed by atoms with Gasteiger partial charge in [0.1, 0.15) is 5.82 Å². The number of halogens is 2. The summed E-state index contributed by atoms with van der Waals surface area (Å²) >= 11 is 5.11. The summed E-state index contributed by atoms with van der Waals surface area (Å²) in [5.41, 5.74) is 2.20. The molecule has 0 aliphatic heterocycles. The van der Waals surface area contributed by atoms with Gasteiger partial charge in [-0.1, -0.05) is 15.9 Å². The van der Waals surface area contributed by atoms with Crippen molar-refractivity contribution in [1.82, 2.24) is 5.32 Å². The minimum Gasteiger partial charge on any atom is -0.306 e. The molecule has 0 saturated heterocycles. The van der Waals surface area contributed by atoms with Gasteiger partial charge in [-0.25, -0.2) is 4.39 Å². The molecule has 4 heteroatoms. The first-order chi connectivity index (χ1) is 8.16. The predicted molar refractivity (Wildman–Crippen MR) is 73.7 cm³/mol. The minimum absolute atomic E-state index is 0.201. The zero-order chi connectivity index (χ0) is 12.3. The molecule has 1 aromatic carbocycles. The summed E-state index contributed by atoms with van der Waals surface area (Å²) in [6, 6.07) is 7.12. The lowest BCUT2D eigenvalue weighted by Crippen LogP contribution is -2.17. The van der Waals surface area contributed by atoms with Crippen LogP contribution >= 0.6 is 27.3 Å². The van der Waals surface area contributed by atoms with Crippen molar-refractivity contribution in [2.45, 2.75) is 19.5 Å². The lowest BCUT2D eigenvalue weighted by molar-refractivity contribution is 0.569. The molecular weight excluding hydrogens is 301 g/mol. The smallest absolute Gasteiger partial charge is 0.123 e. The second-order valence-electron chi connectivity index (χ2n) is 3.90. The molecule has 0 aliphatic carbocycles. The fraction of sp³-hybridized carbons (Fsp3) is 0.231. The van der Waals surface area contributed by atoms with Crippen LogP contribution in [-0.4, -0.2) is 0 Å². The Morgan fingerprint density at radius 3 is 2.94 bits per heavy atom. The Kier molecular flexibility index (Phi) is 4.31. The zero-order valence-electron chi connectivity index (χ0n) is 9.41. The fourth-order valence-electron chi connectivity index (χ4n) is 1.58. The van der Waals surface area contributed by atoms with Gasteiger partial charge in [-0.2, -0.15) is 11.3 Å². The van der Waals surface area contributed by atoms with Crippen LogP contribution in [-0.2, 0) is 6.54 Å². The van der Waals surface area contributed by atoms with Crippen LogP contribution in [0.1, 0.15) is 24.1 Å². The van der Waals surface area contributed by atoms with E-state index in [0.717, 1.165) is 10.0 Å². The van der Waals surface area contributed by atoms with Crippen LogP contribution in [0.25, 0.3) is 0 Å². The van der Waals surface area contributed by atoms with Gasteiger partial charge in [-0.05, 0) is 53.1 Å². The maximum atomic E-state index is 13.1. The Hall–Kier alpha value is -0.710. The summed E-state index contributed by atoms with van der Waals surface area (Å²) < 4.78 is 14.0. The maximum absolute atomic E-state index is 13.1. The van der Waals surface area contributed by atoms with Crippen LogP contribution in [0.3, 0.4) is 0 Å². The molecule has 0 fully saturated rings. The molecule has 1 heterocycles. The fourth-order valence-corrected chi connectivity index (χ4v) is 2.72. The normalized spacial score (nSPS) is 12.6. The predicted octanol–water partition coefficient (Wildman–Crippen LogP) is 4.50. The van der Waals surface area contributed by atoms with Crippen molar-refractivity contribution >= 4 is 27.3 Å². The second-order valence-corrected chi connectivity index (χ2v) is 5.53. The van der Waals surface area contributed by atoms with E-state index in [1.807, 2.05) is 0 Å². The van der Waals surface area contributed by atoms with Crippen molar-refractivity contribution in [3.63, 3.8) is 0 Å². The Morgan fingerprint density at radius 2 is 2.24 bits per heavy atom. The van der Waals surface area contributed by atoms with Crippen molar-refractivity contribution in [3.05, 3.63) is 56.4 Å². The van der Waals surface area contributed by atoms with Gasteiger partial charge in [0.2, 0.25) is 0 Å². The van der Waals surface area contributed by atoms with E-state index in [1.165, 1.54) is 11.6 Å². The molecule has 0 amide bonds. The number of rotatable bonds is 4. The molecule has 0 bridgehead atoms. The van der Waals surface area contributed by atoms with Crippen molar-refractivity contribution in [3.8, 4) is 0 Å². The first kappa shape index (κ1) is 12.7. The zero-order valence-corrected chi connectivity index (χ0v) is 11.8. The quantitative estimate of drug-likeness (QED) is 0.876. The van der Waals surface area contributed by atoms with E-state index in [9.17, 15) is 4.39 Å². The van der Waals surface area contributed by atoms with Gasteiger partial charge in [0.25, 0.3) is 0 Å². The lowest BCUT2D eigenvalue weighted by Gasteiger charge is -2.13. The largest absolute Gasteiger partial charge is 0.306 e. The Bertz CT molecular complexity index is 484. The van der Waals surface area contributed by atoms with E-state index in [2.05, 4.69) is 45.0 Å². The van der Waals surface area contributed by atoms with Crippen molar-refractivity contribution in [2.75, 3.05) is 0 Å². The highest BCUT2D eigenvalue weighted by Gasteiger charge is 2.07. The molecule has 1 N–H and O–H groups in total. The molecule has 0 spiro atoms. The van der Waals surface area contributed by atoms with E-state index < -0.39 is 0 Å². The molecule has 17 heavy (non-hydrogen) atoms. The third-order valence-electron chi connectivity index (χ3n) is 2.65.